The van der Waals surface area contributed by atoms with Gasteiger partial charge in [0.15, 0.2) is 0 Å². The van der Waals surface area contributed by atoms with Gasteiger partial charge in [-0.05, 0) is 48.0 Å². The minimum atomic E-state index is 0.257. The van der Waals surface area contributed by atoms with Gasteiger partial charge in [0.25, 0.3) is 0 Å². The van der Waals surface area contributed by atoms with Crippen molar-refractivity contribution in [3.05, 3.63) is 15.9 Å². The number of amides is 1. The van der Waals surface area contributed by atoms with Crippen molar-refractivity contribution in [1.29, 1.82) is 0 Å². The van der Waals surface area contributed by atoms with Gasteiger partial charge >= 0.3 is 0 Å². The lowest BCUT2D eigenvalue weighted by Crippen LogP contribution is -2.42. The highest BCUT2D eigenvalue weighted by atomic mass is 79.9. The molecule has 0 aliphatic carbocycles. The Bertz CT molecular complexity index is 488. The average molecular weight is 342 g/mol. The fourth-order valence-electron chi connectivity index (χ4n) is 3.12. The molecule has 5 heteroatoms. The predicted molar refractivity (Wildman–Crippen MR) is 83.5 cm³/mol. The molecule has 0 spiro atoms. The van der Waals surface area contributed by atoms with E-state index in [0.29, 0.717) is 24.8 Å². The van der Waals surface area contributed by atoms with Gasteiger partial charge in [0, 0.05) is 25.2 Å². The van der Waals surface area contributed by atoms with E-state index in [1.807, 2.05) is 23.4 Å². The number of carbonyl (C=O) groups excluding carboxylic acids is 1. The molecule has 0 unspecified atom stereocenters. The number of carbonyl (C=O) groups is 1. The second-order valence-electron chi connectivity index (χ2n) is 6.20. The van der Waals surface area contributed by atoms with E-state index in [1.165, 1.54) is 6.42 Å². The summed E-state index contributed by atoms with van der Waals surface area (Å²) >= 11 is 3.52. The van der Waals surface area contributed by atoms with Crippen molar-refractivity contribution in [1.82, 2.24) is 14.7 Å². The molecular weight excluding hydrogens is 318 g/mol. The minimum Gasteiger partial charge on any atom is -0.342 e. The van der Waals surface area contributed by atoms with Crippen LogP contribution in [0.15, 0.2) is 4.47 Å². The van der Waals surface area contributed by atoms with Crippen LogP contribution in [-0.2, 0) is 11.3 Å². The molecule has 2 atom stereocenters. The topological polar surface area (TPSA) is 38.1 Å². The largest absolute Gasteiger partial charge is 0.342 e. The molecule has 2 heterocycles. The van der Waals surface area contributed by atoms with E-state index in [0.717, 1.165) is 29.0 Å². The van der Waals surface area contributed by atoms with Crippen LogP contribution in [0.25, 0.3) is 0 Å². The van der Waals surface area contributed by atoms with Crippen molar-refractivity contribution in [2.24, 2.45) is 11.8 Å². The van der Waals surface area contributed by atoms with Crippen LogP contribution in [0.2, 0.25) is 0 Å². The standard InChI is InChI=1S/C15H24BrN3O/c1-10-7-11(2)9-18(8-10)14(20)5-6-19-13(4)15(16)12(3)17-19/h10-11H,5-9H2,1-4H3/t10-,11-/m1/s1. The lowest BCUT2D eigenvalue weighted by Gasteiger charge is -2.35. The first kappa shape index (κ1) is 15.5. The Labute approximate surface area is 129 Å². The van der Waals surface area contributed by atoms with E-state index >= 15 is 0 Å². The monoisotopic (exact) mass is 341 g/mol. The van der Waals surface area contributed by atoms with Crippen molar-refractivity contribution in [2.45, 2.75) is 47.1 Å². The molecule has 0 radical (unpaired) electrons. The summed E-state index contributed by atoms with van der Waals surface area (Å²) in [6, 6.07) is 0. The summed E-state index contributed by atoms with van der Waals surface area (Å²) in [5.41, 5.74) is 2.07. The molecule has 1 fully saturated rings. The molecule has 0 aromatic carbocycles. The maximum Gasteiger partial charge on any atom is 0.224 e. The maximum atomic E-state index is 12.3. The molecule has 1 saturated heterocycles. The number of piperidine rings is 1. The Morgan fingerprint density at radius 2 is 1.90 bits per heavy atom. The lowest BCUT2D eigenvalue weighted by molar-refractivity contribution is -0.134. The molecule has 0 N–H and O–H groups in total. The van der Waals surface area contributed by atoms with Gasteiger partial charge in [0.05, 0.1) is 16.7 Å². The van der Waals surface area contributed by atoms with Crippen LogP contribution in [-0.4, -0.2) is 33.7 Å². The fourth-order valence-corrected chi connectivity index (χ4v) is 3.40. The summed E-state index contributed by atoms with van der Waals surface area (Å²) in [6.07, 6.45) is 1.77. The molecule has 112 valence electrons. The van der Waals surface area contributed by atoms with Gasteiger partial charge in [0.1, 0.15) is 0 Å². The number of nitrogens with zero attached hydrogens (tertiary/aromatic N) is 3. The van der Waals surface area contributed by atoms with Crippen molar-refractivity contribution in [2.75, 3.05) is 13.1 Å². The zero-order valence-corrected chi connectivity index (χ0v) is 14.4. The zero-order valence-electron chi connectivity index (χ0n) is 12.8. The van der Waals surface area contributed by atoms with Crippen molar-refractivity contribution < 1.29 is 4.79 Å². The zero-order chi connectivity index (χ0) is 14.9. The van der Waals surface area contributed by atoms with Gasteiger partial charge in [-0.2, -0.15) is 5.10 Å². The third-order valence-corrected chi connectivity index (χ3v) is 5.20. The molecule has 0 bridgehead atoms. The molecule has 20 heavy (non-hydrogen) atoms. The van der Waals surface area contributed by atoms with Crippen LogP contribution in [0, 0.1) is 25.7 Å². The number of hydrogen-bond acceptors (Lipinski definition) is 2. The molecular formula is C15H24BrN3O. The van der Waals surface area contributed by atoms with Crippen molar-refractivity contribution >= 4 is 21.8 Å². The van der Waals surface area contributed by atoms with Gasteiger partial charge in [-0.15, -0.1) is 0 Å². The van der Waals surface area contributed by atoms with Crippen LogP contribution in [0.4, 0.5) is 0 Å². The van der Waals surface area contributed by atoms with E-state index in [9.17, 15) is 4.79 Å². The van der Waals surface area contributed by atoms with Crippen LogP contribution >= 0.6 is 15.9 Å². The summed E-state index contributed by atoms with van der Waals surface area (Å²) in [7, 11) is 0. The van der Waals surface area contributed by atoms with E-state index in [2.05, 4.69) is 34.9 Å². The van der Waals surface area contributed by atoms with Crippen molar-refractivity contribution in [3.63, 3.8) is 0 Å². The highest BCUT2D eigenvalue weighted by Crippen LogP contribution is 2.22. The number of hydrogen-bond donors (Lipinski definition) is 0. The number of aromatic nitrogens is 2. The van der Waals surface area contributed by atoms with Gasteiger partial charge in [-0.3, -0.25) is 9.48 Å². The molecule has 1 amide bonds. The van der Waals surface area contributed by atoms with Crippen LogP contribution in [0.5, 0.6) is 0 Å². The van der Waals surface area contributed by atoms with E-state index in [4.69, 9.17) is 0 Å². The molecule has 1 aliphatic rings. The number of rotatable bonds is 3. The summed E-state index contributed by atoms with van der Waals surface area (Å²) < 4.78 is 2.97. The van der Waals surface area contributed by atoms with Gasteiger partial charge in [0.2, 0.25) is 5.91 Å². The first-order valence-corrected chi connectivity index (χ1v) is 8.15. The highest BCUT2D eigenvalue weighted by molar-refractivity contribution is 9.10. The second kappa shape index (κ2) is 6.29. The number of likely N-dealkylation sites (tertiary alicyclic amines) is 1. The number of halogens is 1. The highest BCUT2D eigenvalue weighted by Gasteiger charge is 2.25. The summed E-state index contributed by atoms with van der Waals surface area (Å²) in [4.78, 5) is 14.4. The summed E-state index contributed by atoms with van der Waals surface area (Å²) in [5, 5.41) is 4.46. The smallest absolute Gasteiger partial charge is 0.224 e. The van der Waals surface area contributed by atoms with Gasteiger partial charge < -0.3 is 4.90 Å². The van der Waals surface area contributed by atoms with Crippen LogP contribution < -0.4 is 0 Å². The molecule has 1 aliphatic heterocycles. The van der Waals surface area contributed by atoms with Crippen LogP contribution in [0.3, 0.4) is 0 Å². The van der Waals surface area contributed by atoms with Gasteiger partial charge in [-0.1, -0.05) is 13.8 Å². The van der Waals surface area contributed by atoms with Crippen molar-refractivity contribution in [3.8, 4) is 0 Å². The maximum absolute atomic E-state index is 12.3. The van der Waals surface area contributed by atoms with E-state index in [1.54, 1.807) is 0 Å². The average Bonchev–Trinajstić information content (AvgIpc) is 2.62. The SMILES string of the molecule is Cc1nn(CCC(=O)N2C[C@H](C)C[C@@H](C)C2)c(C)c1Br. The first-order valence-electron chi connectivity index (χ1n) is 7.35. The first-order chi connectivity index (χ1) is 9.38. The summed E-state index contributed by atoms with van der Waals surface area (Å²) in [6.45, 7) is 10.9. The molecule has 0 saturated carbocycles. The lowest BCUT2D eigenvalue weighted by atomic mass is 9.92. The number of aryl methyl sites for hydroxylation is 2. The third-order valence-electron chi connectivity index (χ3n) is 4.05. The fraction of sp³-hybridized carbons (Fsp3) is 0.733. The van der Waals surface area contributed by atoms with Gasteiger partial charge in [-0.25, -0.2) is 0 Å². The molecule has 2 rings (SSSR count). The Morgan fingerprint density at radius 1 is 1.30 bits per heavy atom. The summed E-state index contributed by atoms with van der Waals surface area (Å²) in [5.74, 6) is 1.49. The Hall–Kier alpha value is -0.840. The molecule has 4 nitrogen and oxygen atoms in total. The molecule has 1 aromatic rings. The Kier molecular flexibility index (Phi) is 4.89. The van der Waals surface area contributed by atoms with E-state index < -0.39 is 0 Å². The predicted octanol–water partition coefficient (Wildman–Crippen LogP) is 3.16. The Morgan fingerprint density at radius 3 is 2.40 bits per heavy atom. The quantitative estimate of drug-likeness (QED) is 0.846. The molecule has 1 aromatic heterocycles. The van der Waals surface area contributed by atoms with Crippen LogP contribution in [0.1, 0.15) is 38.1 Å². The van der Waals surface area contributed by atoms with E-state index in [-0.39, 0.29) is 5.91 Å². The minimum absolute atomic E-state index is 0.257. The normalized spacial score (nSPS) is 23.1. The third kappa shape index (κ3) is 3.43. The Balaban J connectivity index is 1.93. The second-order valence-corrected chi connectivity index (χ2v) is 7.00.